The molecular weight excluding hydrogens is 374 g/mol. The van der Waals surface area contributed by atoms with Gasteiger partial charge in [0.05, 0.1) is 32.6 Å². The molecule has 1 unspecified atom stereocenters. The Kier molecular flexibility index (Phi) is 7.66. The minimum Gasteiger partial charge on any atom is -0.496 e. The number of furan rings is 1. The monoisotopic (exact) mass is 401 g/mol. The molecule has 2 aromatic rings. The molecule has 8 heteroatoms. The average molecular weight is 401 g/mol. The number of amides is 2. The number of morpholine rings is 1. The van der Waals surface area contributed by atoms with E-state index in [1.807, 2.05) is 36.4 Å². The van der Waals surface area contributed by atoms with Gasteiger partial charge in [-0.2, -0.15) is 0 Å². The number of nitrogens with one attached hydrogen (secondary N) is 2. The molecule has 1 aliphatic heterocycles. The highest BCUT2D eigenvalue weighted by molar-refractivity contribution is 6.35. The van der Waals surface area contributed by atoms with Crippen LogP contribution in [0.4, 0.5) is 0 Å². The number of para-hydroxylation sites is 1. The van der Waals surface area contributed by atoms with Gasteiger partial charge in [0.1, 0.15) is 11.5 Å². The summed E-state index contributed by atoms with van der Waals surface area (Å²) in [5.41, 5.74) is 0.973. The summed E-state index contributed by atoms with van der Waals surface area (Å²) >= 11 is 0. The minimum absolute atomic E-state index is 0.140. The van der Waals surface area contributed by atoms with Crippen molar-refractivity contribution in [3.8, 4) is 5.75 Å². The summed E-state index contributed by atoms with van der Waals surface area (Å²) in [6.45, 7) is 3.38. The number of nitrogens with zero attached hydrogens (tertiary/aromatic N) is 1. The second-order valence-electron chi connectivity index (χ2n) is 6.71. The normalized spacial score (nSPS) is 15.5. The van der Waals surface area contributed by atoms with Gasteiger partial charge < -0.3 is 24.5 Å². The van der Waals surface area contributed by atoms with Crippen molar-refractivity contribution in [2.24, 2.45) is 0 Å². The van der Waals surface area contributed by atoms with E-state index in [-0.39, 0.29) is 12.6 Å². The van der Waals surface area contributed by atoms with Crippen molar-refractivity contribution in [3.63, 3.8) is 0 Å². The molecule has 0 radical (unpaired) electrons. The molecule has 2 amide bonds. The van der Waals surface area contributed by atoms with Gasteiger partial charge in [-0.15, -0.1) is 0 Å². The van der Waals surface area contributed by atoms with Gasteiger partial charge in [-0.1, -0.05) is 18.2 Å². The molecule has 156 valence electrons. The van der Waals surface area contributed by atoms with Gasteiger partial charge in [-0.05, 0) is 30.2 Å². The molecule has 2 N–H and O–H groups in total. The van der Waals surface area contributed by atoms with Crippen LogP contribution in [0.15, 0.2) is 47.1 Å². The maximum Gasteiger partial charge on any atom is 0.309 e. The predicted octanol–water partition coefficient (Wildman–Crippen LogP) is 1.14. The highest BCUT2D eigenvalue weighted by atomic mass is 16.5. The second kappa shape index (κ2) is 10.6. The lowest BCUT2D eigenvalue weighted by molar-refractivity contribution is -0.139. The summed E-state index contributed by atoms with van der Waals surface area (Å²) in [5.74, 6) is 0.205. The first kappa shape index (κ1) is 20.9. The summed E-state index contributed by atoms with van der Waals surface area (Å²) in [6, 6.07) is 11.1. The first-order valence-electron chi connectivity index (χ1n) is 9.72. The van der Waals surface area contributed by atoms with E-state index in [1.165, 1.54) is 0 Å². The van der Waals surface area contributed by atoms with Gasteiger partial charge in [0.25, 0.3) is 0 Å². The van der Waals surface area contributed by atoms with Crippen LogP contribution in [0.2, 0.25) is 0 Å². The van der Waals surface area contributed by atoms with Gasteiger partial charge in [-0.3, -0.25) is 14.5 Å². The Balaban J connectivity index is 1.48. The smallest absolute Gasteiger partial charge is 0.309 e. The van der Waals surface area contributed by atoms with Crippen LogP contribution in [0.25, 0.3) is 0 Å². The number of ether oxygens (including phenoxy) is 2. The largest absolute Gasteiger partial charge is 0.496 e. The van der Waals surface area contributed by atoms with E-state index in [9.17, 15) is 9.59 Å². The van der Waals surface area contributed by atoms with Crippen molar-refractivity contribution >= 4 is 11.8 Å². The molecule has 29 heavy (non-hydrogen) atoms. The first-order valence-corrected chi connectivity index (χ1v) is 9.72. The maximum atomic E-state index is 12.2. The van der Waals surface area contributed by atoms with E-state index < -0.39 is 11.8 Å². The fourth-order valence-electron chi connectivity index (χ4n) is 3.35. The Bertz CT molecular complexity index is 787. The molecule has 1 atom stereocenters. The van der Waals surface area contributed by atoms with Crippen LogP contribution in [0.5, 0.6) is 5.75 Å². The highest BCUT2D eigenvalue weighted by Gasteiger charge is 2.26. The Morgan fingerprint density at radius 2 is 1.86 bits per heavy atom. The van der Waals surface area contributed by atoms with E-state index in [4.69, 9.17) is 13.9 Å². The van der Waals surface area contributed by atoms with Crippen molar-refractivity contribution in [3.05, 3.63) is 54.0 Å². The van der Waals surface area contributed by atoms with E-state index in [0.717, 1.165) is 30.2 Å². The molecule has 1 aromatic heterocycles. The first-order chi connectivity index (χ1) is 14.2. The predicted molar refractivity (Wildman–Crippen MR) is 107 cm³/mol. The van der Waals surface area contributed by atoms with Crippen molar-refractivity contribution in [2.75, 3.05) is 46.5 Å². The SMILES string of the molecule is COc1ccccc1CCNC(=O)C(=O)NCC(c1ccco1)N1CCOCC1. The van der Waals surface area contributed by atoms with Crippen molar-refractivity contribution in [2.45, 2.75) is 12.5 Å². The molecule has 1 aliphatic rings. The van der Waals surface area contributed by atoms with Crippen molar-refractivity contribution in [1.29, 1.82) is 0 Å². The number of rotatable bonds is 8. The van der Waals surface area contributed by atoms with Crippen LogP contribution >= 0.6 is 0 Å². The fourth-order valence-corrected chi connectivity index (χ4v) is 3.35. The number of hydrogen-bond donors (Lipinski definition) is 2. The lowest BCUT2D eigenvalue weighted by Crippen LogP contribution is -2.46. The molecule has 0 spiro atoms. The Labute approximate surface area is 170 Å². The third-order valence-electron chi connectivity index (χ3n) is 4.89. The van der Waals surface area contributed by atoms with Gasteiger partial charge in [0, 0.05) is 26.2 Å². The zero-order valence-corrected chi connectivity index (χ0v) is 16.6. The van der Waals surface area contributed by atoms with Gasteiger partial charge in [0.2, 0.25) is 0 Å². The molecule has 0 aliphatic carbocycles. The third-order valence-corrected chi connectivity index (χ3v) is 4.89. The van der Waals surface area contributed by atoms with Gasteiger partial charge in [0.15, 0.2) is 0 Å². The highest BCUT2D eigenvalue weighted by Crippen LogP contribution is 2.21. The molecule has 0 saturated carbocycles. The molecule has 1 saturated heterocycles. The molecule has 3 rings (SSSR count). The fraction of sp³-hybridized carbons (Fsp3) is 0.429. The van der Waals surface area contributed by atoms with E-state index in [2.05, 4.69) is 15.5 Å². The van der Waals surface area contributed by atoms with Crippen molar-refractivity contribution in [1.82, 2.24) is 15.5 Å². The van der Waals surface area contributed by atoms with E-state index in [1.54, 1.807) is 13.4 Å². The summed E-state index contributed by atoms with van der Waals surface area (Å²) in [6.07, 6.45) is 2.18. The zero-order valence-electron chi connectivity index (χ0n) is 16.6. The number of methoxy groups -OCH3 is 1. The summed E-state index contributed by atoms with van der Waals surface area (Å²) < 4.78 is 16.2. The standard InChI is InChI=1S/C21H27N3O5/c1-27-18-6-3-2-5-16(18)8-9-22-20(25)21(26)23-15-17(19-7-4-12-29-19)24-10-13-28-14-11-24/h2-7,12,17H,8-11,13-15H2,1H3,(H,22,25)(H,23,26). The molecule has 2 heterocycles. The Morgan fingerprint density at radius 1 is 1.10 bits per heavy atom. The van der Waals surface area contributed by atoms with Crippen LogP contribution in [0, 0.1) is 0 Å². The molecular formula is C21H27N3O5. The lowest BCUT2D eigenvalue weighted by Gasteiger charge is -2.33. The van der Waals surface area contributed by atoms with Crippen LogP contribution < -0.4 is 15.4 Å². The summed E-state index contributed by atoms with van der Waals surface area (Å²) in [4.78, 5) is 26.6. The van der Waals surface area contributed by atoms with Crippen molar-refractivity contribution < 1.29 is 23.5 Å². The summed E-state index contributed by atoms with van der Waals surface area (Å²) in [5, 5.41) is 5.38. The number of benzene rings is 1. The average Bonchev–Trinajstić information content (AvgIpc) is 3.29. The Morgan fingerprint density at radius 3 is 2.59 bits per heavy atom. The zero-order chi connectivity index (χ0) is 20.5. The lowest BCUT2D eigenvalue weighted by atomic mass is 10.1. The third kappa shape index (κ3) is 5.82. The number of carbonyl (C=O) groups excluding carboxylic acids is 2. The minimum atomic E-state index is -0.658. The second-order valence-corrected chi connectivity index (χ2v) is 6.71. The van der Waals surface area contributed by atoms with E-state index in [0.29, 0.717) is 26.2 Å². The molecule has 1 fully saturated rings. The van der Waals surface area contributed by atoms with Gasteiger partial charge >= 0.3 is 11.8 Å². The van der Waals surface area contributed by atoms with E-state index >= 15 is 0 Å². The topological polar surface area (TPSA) is 93.0 Å². The molecule has 0 bridgehead atoms. The van der Waals surface area contributed by atoms with Crippen LogP contribution in [-0.2, 0) is 20.7 Å². The maximum absolute atomic E-state index is 12.2. The number of carbonyl (C=O) groups is 2. The quantitative estimate of drug-likeness (QED) is 0.645. The van der Waals surface area contributed by atoms with Gasteiger partial charge in [-0.25, -0.2) is 0 Å². The van der Waals surface area contributed by atoms with Crippen LogP contribution in [0.3, 0.4) is 0 Å². The number of hydrogen-bond acceptors (Lipinski definition) is 6. The van der Waals surface area contributed by atoms with Crippen LogP contribution in [0.1, 0.15) is 17.4 Å². The Hall–Kier alpha value is -2.84. The van der Waals surface area contributed by atoms with Crippen LogP contribution in [-0.4, -0.2) is 63.2 Å². The summed E-state index contributed by atoms with van der Waals surface area (Å²) in [7, 11) is 1.61. The molecule has 1 aromatic carbocycles. The molecule has 8 nitrogen and oxygen atoms in total.